The number of halogens is 1. The standard InChI is InChI=1S/C32H32BrN7O4/c1-16-5-6-26(33)36-30(16)37-31(43)24-9-32(4)10-25(32)40(24)27(42)13-39-29-22(21-14-44-15-21)7-19(20-11-34-18(3)35-12-20)8-23(29)28(38-39)17(2)41/h5-8,11-12,21,24-25H,9-10,13-15H2,1-4H3,(H,36,37,43)/t24-,25?,32-/m0/s1. The highest BCUT2D eigenvalue weighted by molar-refractivity contribution is 9.10. The zero-order chi connectivity index (χ0) is 30.9. The Morgan fingerprint density at radius 1 is 1.09 bits per heavy atom. The Labute approximate surface area is 262 Å². The predicted octanol–water partition coefficient (Wildman–Crippen LogP) is 4.60. The fraction of sp³-hybridized carbons (Fsp3) is 0.406. The summed E-state index contributed by atoms with van der Waals surface area (Å²) in [4.78, 5) is 55.4. The van der Waals surface area contributed by atoms with Gasteiger partial charge in [0.25, 0.3) is 0 Å². The second-order valence-electron chi connectivity index (χ2n) is 12.5. The third kappa shape index (κ3) is 4.89. The summed E-state index contributed by atoms with van der Waals surface area (Å²) in [5.74, 6) is 0.566. The predicted molar refractivity (Wildman–Crippen MR) is 166 cm³/mol. The van der Waals surface area contributed by atoms with Crippen LogP contribution < -0.4 is 5.32 Å². The highest BCUT2D eigenvalue weighted by Crippen LogP contribution is 2.59. The lowest BCUT2D eigenvalue weighted by Gasteiger charge is -2.29. The van der Waals surface area contributed by atoms with Gasteiger partial charge in [-0.25, -0.2) is 15.0 Å². The number of carbonyl (C=O) groups excluding carboxylic acids is 3. The highest BCUT2D eigenvalue weighted by atomic mass is 79.9. The molecular formula is C32H32BrN7O4. The van der Waals surface area contributed by atoms with E-state index < -0.39 is 6.04 Å². The van der Waals surface area contributed by atoms with Crippen molar-refractivity contribution in [2.45, 2.75) is 65.1 Å². The van der Waals surface area contributed by atoms with Crippen LogP contribution in [0.5, 0.6) is 0 Å². The van der Waals surface area contributed by atoms with E-state index >= 15 is 0 Å². The van der Waals surface area contributed by atoms with Gasteiger partial charge >= 0.3 is 0 Å². The highest BCUT2D eigenvalue weighted by Gasteiger charge is 2.64. The first-order chi connectivity index (χ1) is 21.0. The summed E-state index contributed by atoms with van der Waals surface area (Å²) in [6.07, 6.45) is 4.96. The maximum Gasteiger partial charge on any atom is 0.248 e. The number of likely N-dealkylation sites (tertiary alicyclic amines) is 1. The minimum Gasteiger partial charge on any atom is -0.380 e. The number of rotatable bonds is 7. The third-order valence-corrected chi connectivity index (χ3v) is 9.66. The first kappa shape index (κ1) is 28.7. The van der Waals surface area contributed by atoms with Crippen LogP contribution in [0.2, 0.25) is 0 Å². The minimum atomic E-state index is -0.631. The number of benzene rings is 1. The van der Waals surface area contributed by atoms with Gasteiger partial charge in [0, 0.05) is 42.2 Å². The summed E-state index contributed by atoms with van der Waals surface area (Å²) in [5.41, 5.74) is 4.42. The Bertz CT molecular complexity index is 1850. The van der Waals surface area contributed by atoms with Crippen LogP contribution in [-0.4, -0.2) is 72.5 Å². The molecule has 2 aliphatic heterocycles. The Morgan fingerprint density at radius 3 is 2.52 bits per heavy atom. The number of aryl methyl sites for hydroxylation is 2. The van der Waals surface area contributed by atoms with Crippen LogP contribution in [0, 0.1) is 19.3 Å². The van der Waals surface area contributed by atoms with Crippen molar-refractivity contribution in [1.82, 2.24) is 29.6 Å². The van der Waals surface area contributed by atoms with E-state index in [9.17, 15) is 14.4 Å². The quantitative estimate of drug-likeness (QED) is 0.225. The second kappa shape index (κ2) is 10.6. The Balaban J connectivity index is 1.25. The van der Waals surface area contributed by atoms with Crippen LogP contribution in [0.4, 0.5) is 5.82 Å². The molecule has 11 nitrogen and oxygen atoms in total. The van der Waals surface area contributed by atoms with Gasteiger partial charge in [0.05, 0.1) is 18.7 Å². The first-order valence-corrected chi connectivity index (χ1v) is 15.5. The number of hydrogen-bond donors (Lipinski definition) is 1. The van der Waals surface area contributed by atoms with Gasteiger partial charge in [0.15, 0.2) is 5.78 Å². The van der Waals surface area contributed by atoms with E-state index in [4.69, 9.17) is 9.84 Å². The molecule has 0 spiro atoms. The lowest BCUT2D eigenvalue weighted by atomic mass is 9.91. The number of nitrogens with one attached hydrogen (secondary N) is 1. The molecule has 1 aliphatic carbocycles. The molecule has 4 aromatic rings. The Morgan fingerprint density at radius 2 is 1.84 bits per heavy atom. The van der Waals surface area contributed by atoms with Crippen molar-refractivity contribution in [3.05, 3.63) is 63.9 Å². The second-order valence-corrected chi connectivity index (χ2v) is 13.3. The van der Waals surface area contributed by atoms with E-state index in [1.54, 1.807) is 22.0 Å². The third-order valence-electron chi connectivity index (χ3n) is 9.21. The molecular weight excluding hydrogens is 626 g/mol. The molecule has 1 saturated carbocycles. The molecule has 7 rings (SSSR count). The summed E-state index contributed by atoms with van der Waals surface area (Å²) in [5, 5.41) is 8.32. The molecule has 3 fully saturated rings. The van der Waals surface area contributed by atoms with E-state index in [0.717, 1.165) is 34.2 Å². The van der Waals surface area contributed by atoms with E-state index in [2.05, 4.69) is 49.2 Å². The number of pyridine rings is 1. The molecule has 5 heterocycles. The number of hydrogen-bond acceptors (Lipinski definition) is 8. The van der Waals surface area contributed by atoms with Crippen molar-refractivity contribution in [1.29, 1.82) is 0 Å². The molecule has 2 amide bonds. The summed E-state index contributed by atoms with van der Waals surface area (Å²) in [6.45, 7) is 8.29. The molecule has 226 valence electrons. The van der Waals surface area contributed by atoms with Gasteiger partial charge in [-0.15, -0.1) is 0 Å². The number of Topliss-reactive ketones (excluding diaryl/α,β-unsaturated/α-hetero) is 1. The van der Waals surface area contributed by atoms with E-state index in [0.29, 0.717) is 47.0 Å². The maximum atomic E-state index is 14.1. The minimum absolute atomic E-state index is 0.0240. The smallest absolute Gasteiger partial charge is 0.248 e. The van der Waals surface area contributed by atoms with Crippen LogP contribution >= 0.6 is 15.9 Å². The average Bonchev–Trinajstić information content (AvgIpc) is 3.31. The zero-order valence-electron chi connectivity index (χ0n) is 24.9. The Hall–Kier alpha value is -4.03. The molecule has 44 heavy (non-hydrogen) atoms. The van der Waals surface area contributed by atoms with Gasteiger partial charge in [-0.05, 0) is 82.9 Å². The van der Waals surface area contributed by atoms with Gasteiger partial charge in [-0.1, -0.05) is 13.0 Å². The largest absolute Gasteiger partial charge is 0.380 e. The van der Waals surface area contributed by atoms with Crippen molar-refractivity contribution in [2.75, 3.05) is 18.5 Å². The number of piperidine rings is 1. The number of fused-ring (bicyclic) bond motifs is 2. The SMILES string of the molecule is CC(=O)c1nn(CC(=O)N2C3C[C@]3(C)C[C@H]2C(=O)Nc2nc(Br)ccc2C)c2c(C3COC3)cc(-c3cnc(C)nc3)cc12. The topological polar surface area (TPSA) is 132 Å². The summed E-state index contributed by atoms with van der Waals surface area (Å²) in [7, 11) is 0. The summed E-state index contributed by atoms with van der Waals surface area (Å²) < 4.78 is 7.80. The molecule has 3 atom stereocenters. The zero-order valence-corrected chi connectivity index (χ0v) is 26.5. The van der Waals surface area contributed by atoms with Crippen LogP contribution in [-0.2, 0) is 20.9 Å². The molecule has 1 N–H and O–H groups in total. The molecule has 3 aliphatic rings. The van der Waals surface area contributed by atoms with E-state index in [1.165, 1.54) is 6.92 Å². The number of anilines is 1. The average molecular weight is 659 g/mol. The van der Waals surface area contributed by atoms with Crippen molar-refractivity contribution in [3.63, 3.8) is 0 Å². The summed E-state index contributed by atoms with van der Waals surface area (Å²) in [6, 6.07) is 7.03. The normalized spacial score (nSPS) is 22.5. The number of aromatic nitrogens is 5. The van der Waals surface area contributed by atoms with Crippen LogP contribution in [0.3, 0.4) is 0 Å². The number of ether oxygens (including phenoxy) is 1. The van der Waals surface area contributed by atoms with E-state index in [-0.39, 0.29) is 41.5 Å². The van der Waals surface area contributed by atoms with Crippen molar-refractivity contribution < 1.29 is 19.1 Å². The van der Waals surface area contributed by atoms with Crippen molar-refractivity contribution >= 4 is 50.2 Å². The molecule has 1 aromatic carbocycles. The van der Waals surface area contributed by atoms with Crippen molar-refractivity contribution in [3.8, 4) is 11.1 Å². The lowest BCUT2D eigenvalue weighted by molar-refractivity contribution is -0.138. The monoisotopic (exact) mass is 657 g/mol. The molecule has 0 radical (unpaired) electrons. The first-order valence-electron chi connectivity index (χ1n) is 14.7. The molecule has 2 saturated heterocycles. The Kier molecular flexibility index (Phi) is 6.89. The number of carbonyl (C=O) groups is 3. The lowest BCUT2D eigenvalue weighted by Crippen LogP contribution is -2.47. The fourth-order valence-corrected chi connectivity index (χ4v) is 6.87. The number of nitrogens with zero attached hydrogens (tertiary/aromatic N) is 6. The van der Waals surface area contributed by atoms with Gasteiger partial charge in [0.2, 0.25) is 11.8 Å². The van der Waals surface area contributed by atoms with E-state index in [1.807, 2.05) is 32.0 Å². The van der Waals surface area contributed by atoms with Gasteiger partial charge in [-0.3, -0.25) is 19.1 Å². The van der Waals surface area contributed by atoms with Gasteiger partial charge in [-0.2, -0.15) is 5.10 Å². The van der Waals surface area contributed by atoms with Gasteiger partial charge < -0.3 is 15.0 Å². The molecule has 3 aromatic heterocycles. The van der Waals surface area contributed by atoms with Crippen LogP contribution in [0.25, 0.3) is 22.0 Å². The molecule has 0 bridgehead atoms. The maximum absolute atomic E-state index is 14.1. The van der Waals surface area contributed by atoms with Crippen LogP contribution in [0.1, 0.15) is 60.0 Å². The summed E-state index contributed by atoms with van der Waals surface area (Å²) >= 11 is 3.37. The fourth-order valence-electron chi connectivity index (χ4n) is 6.56. The van der Waals surface area contributed by atoms with Crippen LogP contribution in [0.15, 0.2) is 41.3 Å². The van der Waals surface area contributed by atoms with Crippen molar-refractivity contribution in [2.24, 2.45) is 5.41 Å². The molecule has 1 unspecified atom stereocenters. The number of ketones is 1. The molecule has 12 heteroatoms. The van der Waals surface area contributed by atoms with Gasteiger partial charge in [0.1, 0.15) is 34.5 Å². The number of amides is 2.